The second-order valence-corrected chi connectivity index (χ2v) is 6.82. The standard InChI is InChI=1S/C18H16FN5O8/c1-3-18(6-29-16(26)28-5-9-8(2)30-17(27)31-9)10(25)4-11(32-18)24-7-21-12-13(20)22-15(19)23-14(12)24/h1,7,10-11,25H,4-6H2,2H3,(H2,20,22,23)/t10-,11?,18+/m0/s1. The number of carbonyl (C=O) groups excluding carboxylic acids is 1. The van der Waals surface area contributed by atoms with E-state index >= 15 is 0 Å². The molecule has 4 heterocycles. The summed E-state index contributed by atoms with van der Waals surface area (Å²) in [7, 11) is 0. The van der Waals surface area contributed by atoms with Crippen molar-refractivity contribution in [2.24, 2.45) is 0 Å². The Balaban J connectivity index is 1.44. The van der Waals surface area contributed by atoms with E-state index in [0.717, 1.165) is 0 Å². The molecule has 32 heavy (non-hydrogen) atoms. The normalized spacial score (nSPS) is 22.7. The van der Waals surface area contributed by atoms with Crippen LogP contribution >= 0.6 is 0 Å². The van der Waals surface area contributed by atoms with Crippen LogP contribution in [0.25, 0.3) is 11.2 Å². The minimum Gasteiger partial charge on any atom is -0.430 e. The zero-order valence-electron chi connectivity index (χ0n) is 16.5. The fraction of sp³-hybridized carbons (Fsp3) is 0.389. The average molecular weight is 449 g/mol. The Bertz CT molecular complexity index is 1280. The molecular weight excluding hydrogens is 433 g/mol. The van der Waals surface area contributed by atoms with Crippen LogP contribution in [0, 0.1) is 25.3 Å². The number of aliphatic hydroxyl groups is 1. The number of aliphatic hydroxyl groups excluding tert-OH is 1. The van der Waals surface area contributed by atoms with E-state index in [9.17, 15) is 19.1 Å². The van der Waals surface area contributed by atoms with Crippen molar-refractivity contribution in [2.45, 2.75) is 37.9 Å². The zero-order chi connectivity index (χ0) is 23.0. The monoisotopic (exact) mass is 449 g/mol. The van der Waals surface area contributed by atoms with E-state index in [0.29, 0.717) is 0 Å². The number of carbonyl (C=O) groups is 1. The Labute approximate surface area is 177 Å². The van der Waals surface area contributed by atoms with Crippen molar-refractivity contribution < 1.29 is 37.3 Å². The first-order valence-corrected chi connectivity index (χ1v) is 9.10. The Kier molecular flexibility index (Phi) is 5.28. The smallest absolute Gasteiger partial charge is 0.430 e. The van der Waals surface area contributed by atoms with Crippen molar-refractivity contribution in [1.82, 2.24) is 19.5 Å². The first-order chi connectivity index (χ1) is 15.2. The van der Waals surface area contributed by atoms with E-state index in [1.54, 1.807) is 0 Å². The molecule has 1 fully saturated rings. The van der Waals surface area contributed by atoms with Gasteiger partial charge >= 0.3 is 18.1 Å². The average Bonchev–Trinajstić information content (AvgIpc) is 3.40. The summed E-state index contributed by atoms with van der Waals surface area (Å²) in [6.45, 7) is 0.473. The molecule has 0 spiro atoms. The third-order valence-electron chi connectivity index (χ3n) is 4.85. The van der Waals surface area contributed by atoms with Gasteiger partial charge in [0, 0.05) is 6.42 Å². The Morgan fingerprint density at radius 3 is 2.94 bits per heavy atom. The number of hydrogen-bond donors (Lipinski definition) is 2. The maximum atomic E-state index is 13.6. The van der Waals surface area contributed by atoms with E-state index in [4.69, 9.17) is 30.8 Å². The highest BCUT2D eigenvalue weighted by atomic mass is 19.1. The molecule has 0 radical (unpaired) electrons. The fourth-order valence-corrected chi connectivity index (χ4v) is 3.18. The van der Waals surface area contributed by atoms with Crippen LogP contribution in [0.1, 0.15) is 24.2 Å². The lowest BCUT2D eigenvalue weighted by atomic mass is 9.99. The third-order valence-corrected chi connectivity index (χ3v) is 4.85. The molecule has 0 amide bonds. The van der Waals surface area contributed by atoms with Crippen LogP contribution in [-0.2, 0) is 20.8 Å². The van der Waals surface area contributed by atoms with Crippen molar-refractivity contribution in [1.29, 1.82) is 0 Å². The summed E-state index contributed by atoms with van der Waals surface area (Å²) in [4.78, 5) is 34.0. The minimum absolute atomic E-state index is 0.0105. The molecule has 1 aliphatic rings. The number of ether oxygens (including phenoxy) is 3. The molecule has 13 nitrogen and oxygen atoms in total. The van der Waals surface area contributed by atoms with E-state index in [-0.39, 0.29) is 34.9 Å². The second-order valence-electron chi connectivity index (χ2n) is 6.82. The highest BCUT2D eigenvalue weighted by Crippen LogP contribution is 2.38. The summed E-state index contributed by atoms with van der Waals surface area (Å²) in [6.07, 6.45) is 2.40. The van der Waals surface area contributed by atoms with E-state index in [1.165, 1.54) is 17.8 Å². The highest BCUT2D eigenvalue weighted by molar-refractivity contribution is 5.81. The maximum Gasteiger partial charge on any atom is 0.519 e. The van der Waals surface area contributed by atoms with Gasteiger partial charge in [0.1, 0.15) is 18.9 Å². The van der Waals surface area contributed by atoms with Crippen LogP contribution in [0.5, 0.6) is 0 Å². The van der Waals surface area contributed by atoms with E-state index in [1.807, 2.05) is 0 Å². The number of nitrogens with two attached hydrogens (primary N) is 1. The second kappa shape index (κ2) is 7.94. The first-order valence-electron chi connectivity index (χ1n) is 9.10. The van der Waals surface area contributed by atoms with E-state index < -0.39 is 49.2 Å². The van der Waals surface area contributed by atoms with Crippen molar-refractivity contribution in [3.8, 4) is 12.3 Å². The fourth-order valence-electron chi connectivity index (χ4n) is 3.18. The number of nitrogen functional groups attached to an aromatic ring is 1. The van der Waals surface area contributed by atoms with Crippen LogP contribution in [0.15, 0.2) is 20.0 Å². The number of fused-ring (bicyclic) bond motifs is 1. The van der Waals surface area contributed by atoms with Crippen molar-refractivity contribution in [2.75, 3.05) is 12.3 Å². The zero-order valence-corrected chi connectivity index (χ0v) is 16.5. The molecule has 1 aliphatic heterocycles. The molecule has 0 aromatic carbocycles. The lowest BCUT2D eigenvalue weighted by molar-refractivity contribution is -0.0987. The molecule has 0 aliphatic carbocycles. The van der Waals surface area contributed by atoms with Crippen LogP contribution < -0.4 is 11.6 Å². The van der Waals surface area contributed by atoms with Gasteiger partial charge in [-0.05, 0) is 6.92 Å². The van der Waals surface area contributed by atoms with Gasteiger partial charge in [-0.1, -0.05) is 5.92 Å². The van der Waals surface area contributed by atoms with Gasteiger partial charge in [-0.25, -0.2) is 14.6 Å². The van der Waals surface area contributed by atoms with Gasteiger partial charge < -0.3 is 33.9 Å². The van der Waals surface area contributed by atoms with Crippen molar-refractivity contribution in [3.05, 3.63) is 34.5 Å². The molecule has 0 saturated carbocycles. The van der Waals surface area contributed by atoms with Gasteiger partial charge in [-0.3, -0.25) is 4.57 Å². The highest BCUT2D eigenvalue weighted by Gasteiger charge is 2.49. The van der Waals surface area contributed by atoms with Gasteiger partial charge in [0.15, 0.2) is 40.7 Å². The summed E-state index contributed by atoms with van der Waals surface area (Å²) < 4.78 is 39.9. The predicted molar refractivity (Wildman–Crippen MR) is 100 cm³/mol. The number of nitrogens with zero attached hydrogens (tertiary/aromatic N) is 4. The largest absolute Gasteiger partial charge is 0.519 e. The van der Waals surface area contributed by atoms with Gasteiger partial charge in [-0.15, -0.1) is 6.42 Å². The van der Waals surface area contributed by atoms with Crippen LogP contribution in [0.3, 0.4) is 0 Å². The molecule has 0 bridgehead atoms. The van der Waals surface area contributed by atoms with Crippen molar-refractivity contribution in [3.63, 3.8) is 0 Å². The molecule has 3 aromatic heterocycles. The number of imidazole rings is 1. The van der Waals surface area contributed by atoms with E-state index in [2.05, 4.69) is 25.3 Å². The Hall–Kier alpha value is -3.96. The quantitative estimate of drug-likeness (QED) is 0.312. The third kappa shape index (κ3) is 3.74. The SMILES string of the molecule is C#C[C@]1(COC(=O)OCc2oc(=O)oc2C)OC(n2cnc3c(N)nc(F)nc32)C[C@@H]1O. The Morgan fingerprint density at radius 1 is 1.47 bits per heavy atom. The first kappa shape index (κ1) is 21.3. The van der Waals surface area contributed by atoms with Crippen molar-refractivity contribution >= 4 is 23.1 Å². The Morgan fingerprint density at radius 2 is 2.25 bits per heavy atom. The maximum absolute atomic E-state index is 13.6. The summed E-state index contributed by atoms with van der Waals surface area (Å²) in [5, 5.41) is 10.5. The number of aryl methyl sites for hydroxylation is 1. The molecule has 3 aromatic rings. The molecule has 4 rings (SSSR count). The van der Waals surface area contributed by atoms with Gasteiger partial charge in [0.05, 0.1) is 6.33 Å². The number of anilines is 1. The number of terminal acetylenes is 1. The summed E-state index contributed by atoms with van der Waals surface area (Å²) in [6, 6.07) is 0. The lowest BCUT2D eigenvalue weighted by Gasteiger charge is -2.25. The van der Waals surface area contributed by atoms with Crippen LogP contribution in [0.4, 0.5) is 15.0 Å². The van der Waals surface area contributed by atoms with Gasteiger partial charge in [0.2, 0.25) is 0 Å². The molecular formula is C18H16FN5O8. The number of rotatable bonds is 5. The predicted octanol–water partition coefficient (Wildman–Crippen LogP) is 0.407. The lowest BCUT2D eigenvalue weighted by Crippen LogP contribution is -2.43. The molecule has 1 unspecified atom stereocenters. The molecule has 168 valence electrons. The molecule has 3 atom stereocenters. The number of hydrogen-bond acceptors (Lipinski definition) is 12. The molecule has 1 saturated heterocycles. The van der Waals surface area contributed by atoms with Gasteiger partial charge in [-0.2, -0.15) is 14.4 Å². The van der Waals surface area contributed by atoms with Gasteiger partial charge in [0.25, 0.3) is 0 Å². The summed E-state index contributed by atoms with van der Waals surface area (Å²) >= 11 is 0. The molecule has 14 heteroatoms. The summed E-state index contributed by atoms with van der Waals surface area (Å²) in [5.74, 6) is 1.34. The topological polar surface area (TPSA) is 178 Å². The number of aromatic nitrogens is 4. The van der Waals surface area contributed by atoms with Crippen LogP contribution in [-0.4, -0.2) is 49.1 Å². The number of halogens is 1. The minimum atomic E-state index is -1.73. The molecule has 3 N–H and O–H groups in total. The summed E-state index contributed by atoms with van der Waals surface area (Å²) in [5.41, 5.74) is 4.10. The van der Waals surface area contributed by atoms with Crippen LogP contribution in [0.2, 0.25) is 0 Å².